The largest absolute Gasteiger partial charge is 0.454 e. The second-order valence-corrected chi connectivity index (χ2v) is 7.90. The molecule has 154 valence electrons. The van der Waals surface area contributed by atoms with E-state index >= 15 is 0 Å². The number of aryl methyl sites for hydroxylation is 2. The van der Waals surface area contributed by atoms with Crippen LogP contribution in [0.25, 0.3) is 0 Å². The molecule has 1 fully saturated rings. The van der Waals surface area contributed by atoms with Crippen molar-refractivity contribution >= 4 is 23.5 Å². The van der Waals surface area contributed by atoms with E-state index in [1.54, 1.807) is 25.1 Å². The molecule has 1 aliphatic carbocycles. The molecule has 2 aromatic rings. The average molecular weight is 407 g/mol. The Labute approximate surface area is 173 Å². The predicted molar refractivity (Wildman–Crippen MR) is 107 cm³/mol. The number of hydrogen-bond acceptors (Lipinski definition) is 5. The number of rotatable bonds is 4. The minimum atomic E-state index is -1.29. The molecular weight excluding hydrogens is 386 g/mol. The van der Waals surface area contributed by atoms with Crippen LogP contribution in [-0.4, -0.2) is 36.1 Å². The van der Waals surface area contributed by atoms with E-state index in [-0.39, 0.29) is 13.3 Å². The molecule has 3 aliphatic rings. The number of anilines is 1. The first-order valence-corrected chi connectivity index (χ1v) is 9.90. The van der Waals surface area contributed by atoms with Gasteiger partial charge in [-0.1, -0.05) is 12.1 Å². The smallest absolute Gasteiger partial charge is 0.325 e. The maximum absolute atomic E-state index is 13.1. The monoisotopic (exact) mass is 407 g/mol. The number of carbonyl (C=O) groups is 3. The number of urea groups is 1. The van der Waals surface area contributed by atoms with Gasteiger partial charge in [-0.3, -0.25) is 14.5 Å². The molecule has 0 bridgehead atoms. The van der Waals surface area contributed by atoms with Gasteiger partial charge >= 0.3 is 6.03 Å². The van der Waals surface area contributed by atoms with Gasteiger partial charge in [-0.05, 0) is 67.1 Å². The van der Waals surface area contributed by atoms with Gasteiger partial charge in [0.25, 0.3) is 5.91 Å². The van der Waals surface area contributed by atoms with Gasteiger partial charge in [0.05, 0.1) is 0 Å². The van der Waals surface area contributed by atoms with Crippen molar-refractivity contribution in [3.8, 4) is 11.5 Å². The summed E-state index contributed by atoms with van der Waals surface area (Å²) < 4.78 is 10.7. The van der Waals surface area contributed by atoms with Gasteiger partial charge in [0, 0.05) is 5.69 Å². The highest BCUT2D eigenvalue weighted by molar-refractivity contribution is 6.10. The van der Waals surface area contributed by atoms with Crippen LogP contribution in [0, 0.1) is 0 Å². The van der Waals surface area contributed by atoms with Crippen molar-refractivity contribution in [2.75, 3.05) is 18.7 Å². The van der Waals surface area contributed by atoms with Crippen LogP contribution in [0.15, 0.2) is 36.4 Å². The van der Waals surface area contributed by atoms with E-state index in [4.69, 9.17) is 9.47 Å². The number of hydrogen-bond donors (Lipinski definition) is 2. The van der Waals surface area contributed by atoms with Crippen molar-refractivity contribution in [2.45, 2.75) is 31.7 Å². The summed E-state index contributed by atoms with van der Waals surface area (Å²) in [5.41, 5.74) is 2.49. The van der Waals surface area contributed by atoms with E-state index in [1.165, 1.54) is 11.1 Å². The molecule has 5 rings (SSSR count). The molecule has 8 nitrogen and oxygen atoms in total. The van der Waals surface area contributed by atoms with E-state index in [9.17, 15) is 14.4 Å². The van der Waals surface area contributed by atoms with Crippen molar-refractivity contribution < 1.29 is 23.9 Å². The predicted octanol–water partition coefficient (Wildman–Crippen LogP) is 2.31. The Kier molecular flexibility index (Phi) is 4.16. The van der Waals surface area contributed by atoms with Gasteiger partial charge in [-0.2, -0.15) is 0 Å². The van der Waals surface area contributed by atoms with Crippen LogP contribution in [-0.2, 0) is 28.0 Å². The first-order chi connectivity index (χ1) is 14.4. The number of imide groups is 1. The Morgan fingerprint density at radius 2 is 1.90 bits per heavy atom. The minimum Gasteiger partial charge on any atom is -0.454 e. The summed E-state index contributed by atoms with van der Waals surface area (Å²) >= 11 is 0. The molecule has 2 heterocycles. The lowest BCUT2D eigenvalue weighted by Crippen LogP contribution is -2.42. The van der Waals surface area contributed by atoms with Crippen LogP contribution in [0.2, 0.25) is 0 Å². The van der Waals surface area contributed by atoms with E-state index in [0.29, 0.717) is 22.7 Å². The summed E-state index contributed by atoms with van der Waals surface area (Å²) in [6, 6.07) is 10.3. The lowest BCUT2D eigenvalue weighted by atomic mass is 9.91. The summed E-state index contributed by atoms with van der Waals surface area (Å²) in [6.45, 7) is 1.37. The van der Waals surface area contributed by atoms with Crippen molar-refractivity contribution in [1.82, 2.24) is 10.2 Å². The molecule has 0 aromatic heterocycles. The highest BCUT2D eigenvalue weighted by Crippen LogP contribution is 2.37. The number of carbonyl (C=O) groups excluding carboxylic acids is 3. The van der Waals surface area contributed by atoms with Gasteiger partial charge < -0.3 is 20.1 Å². The zero-order chi connectivity index (χ0) is 20.9. The van der Waals surface area contributed by atoms with Crippen molar-refractivity contribution in [3.05, 3.63) is 53.1 Å². The van der Waals surface area contributed by atoms with Gasteiger partial charge in [0.1, 0.15) is 12.1 Å². The maximum Gasteiger partial charge on any atom is 0.325 e. The second kappa shape index (κ2) is 6.76. The molecular formula is C22H21N3O5. The fourth-order valence-corrected chi connectivity index (χ4v) is 4.24. The number of nitrogens with zero attached hydrogens (tertiary/aromatic N) is 1. The Bertz CT molecular complexity index is 1080. The van der Waals surface area contributed by atoms with Crippen molar-refractivity contribution in [1.29, 1.82) is 0 Å². The number of amides is 4. The summed E-state index contributed by atoms with van der Waals surface area (Å²) in [6.07, 6.45) is 3.18. The minimum absolute atomic E-state index is 0.116. The quantitative estimate of drug-likeness (QED) is 0.758. The SMILES string of the molecule is C[C@]1(c2ccc3c(c2)OCO3)NC(=O)N(CC(=O)Nc2ccc3c(c2)CCC3)C1=O. The molecule has 1 atom stereocenters. The molecule has 0 spiro atoms. The zero-order valence-electron chi connectivity index (χ0n) is 16.5. The molecule has 2 aliphatic heterocycles. The Hall–Kier alpha value is -3.55. The summed E-state index contributed by atoms with van der Waals surface area (Å²) in [5.74, 6) is 0.190. The average Bonchev–Trinajstić information content (AvgIpc) is 3.43. The third-order valence-corrected chi connectivity index (χ3v) is 5.91. The maximum atomic E-state index is 13.1. The van der Waals surface area contributed by atoms with Gasteiger partial charge in [-0.15, -0.1) is 0 Å². The standard InChI is InChI=1S/C22H21N3O5/c1-22(15-6-8-17-18(10-15)30-12-29-17)20(27)25(21(28)24-22)11-19(26)23-16-7-5-13-3-2-4-14(13)9-16/h5-10H,2-4,11-12H2,1H3,(H,23,26)(H,24,28)/t22-/m1/s1. The normalized spacial score (nSPS) is 21.6. The Morgan fingerprint density at radius 3 is 2.77 bits per heavy atom. The molecule has 0 saturated carbocycles. The van der Waals surface area contributed by atoms with E-state index in [1.807, 2.05) is 18.2 Å². The van der Waals surface area contributed by atoms with Crippen molar-refractivity contribution in [2.24, 2.45) is 0 Å². The summed E-state index contributed by atoms with van der Waals surface area (Å²) in [4.78, 5) is 39.1. The van der Waals surface area contributed by atoms with Crippen LogP contribution in [0.3, 0.4) is 0 Å². The molecule has 2 aromatic carbocycles. The third-order valence-electron chi connectivity index (χ3n) is 5.91. The molecule has 1 saturated heterocycles. The molecule has 8 heteroatoms. The van der Waals surface area contributed by atoms with Crippen LogP contribution in [0.5, 0.6) is 11.5 Å². The second-order valence-electron chi connectivity index (χ2n) is 7.90. The number of fused-ring (bicyclic) bond motifs is 2. The molecule has 30 heavy (non-hydrogen) atoms. The lowest BCUT2D eigenvalue weighted by Gasteiger charge is -2.22. The summed E-state index contributed by atoms with van der Waals surface area (Å²) in [7, 11) is 0. The molecule has 2 N–H and O–H groups in total. The van der Waals surface area contributed by atoms with E-state index in [2.05, 4.69) is 10.6 Å². The number of ether oxygens (including phenoxy) is 2. The van der Waals surface area contributed by atoms with Gasteiger partial charge in [0.15, 0.2) is 11.5 Å². The fraction of sp³-hybridized carbons (Fsp3) is 0.318. The third kappa shape index (κ3) is 2.96. The number of nitrogens with one attached hydrogen (secondary N) is 2. The molecule has 0 unspecified atom stereocenters. The lowest BCUT2D eigenvalue weighted by molar-refractivity contribution is -0.133. The van der Waals surface area contributed by atoms with Gasteiger partial charge in [0.2, 0.25) is 12.7 Å². The summed E-state index contributed by atoms with van der Waals surface area (Å²) in [5, 5.41) is 5.49. The fourth-order valence-electron chi connectivity index (χ4n) is 4.24. The highest BCUT2D eigenvalue weighted by Gasteiger charge is 2.49. The van der Waals surface area contributed by atoms with Crippen LogP contribution in [0.4, 0.5) is 10.5 Å². The van der Waals surface area contributed by atoms with Crippen LogP contribution in [0.1, 0.15) is 30.0 Å². The Morgan fingerprint density at radius 1 is 1.10 bits per heavy atom. The topological polar surface area (TPSA) is 97.0 Å². The Balaban J connectivity index is 1.31. The van der Waals surface area contributed by atoms with Crippen LogP contribution >= 0.6 is 0 Å². The first-order valence-electron chi connectivity index (χ1n) is 9.90. The highest BCUT2D eigenvalue weighted by atomic mass is 16.7. The first kappa shape index (κ1) is 18.5. The van der Waals surface area contributed by atoms with Gasteiger partial charge in [-0.25, -0.2) is 4.79 Å². The number of benzene rings is 2. The zero-order valence-corrected chi connectivity index (χ0v) is 16.5. The van der Waals surface area contributed by atoms with E-state index in [0.717, 1.165) is 24.2 Å². The van der Waals surface area contributed by atoms with Crippen molar-refractivity contribution in [3.63, 3.8) is 0 Å². The molecule has 4 amide bonds. The molecule has 0 radical (unpaired) electrons. The van der Waals surface area contributed by atoms with Crippen LogP contribution < -0.4 is 20.1 Å². The van der Waals surface area contributed by atoms with E-state index < -0.39 is 23.4 Å².